The minimum atomic E-state index is -0.233. The Balaban J connectivity index is 2.15. The summed E-state index contributed by atoms with van der Waals surface area (Å²) >= 11 is 3.34. The van der Waals surface area contributed by atoms with Crippen LogP contribution in [0.15, 0.2) is 29.1 Å². The summed E-state index contributed by atoms with van der Waals surface area (Å²) in [4.78, 5) is 15.7. The van der Waals surface area contributed by atoms with E-state index in [4.69, 9.17) is 0 Å². The summed E-state index contributed by atoms with van der Waals surface area (Å²) < 4.78 is 0.911. The van der Waals surface area contributed by atoms with Crippen molar-refractivity contribution in [2.24, 2.45) is 0 Å². The number of nitrogens with one attached hydrogen (secondary N) is 2. The standard InChI is InChI=1S/C10H9BrN4O/c1-6-2-9(12-5-8(6)11)15-10(16)7-3-13-14-4-7/h2-5H,1H3,(H,13,14)(H,12,15,16). The van der Waals surface area contributed by atoms with Crippen LogP contribution in [0, 0.1) is 6.92 Å². The molecule has 82 valence electrons. The number of anilines is 1. The maximum atomic E-state index is 11.6. The highest BCUT2D eigenvalue weighted by Gasteiger charge is 2.08. The zero-order valence-electron chi connectivity index (χ0n) is 8.49. The molecule has 0 saturated carbocycles. The third kappa shape index (κ3) is 2.27. The molecule has 16 heavy (non-hydrogen) atoms. The first-order valence-corrected chi connectivity index (χ1v) is 5.38. The van der Waals surface area contributed by atoms with Crippen molar-refractivity contribution in [3.63, 3.8) is 0 Å². The second-order valence-corrected chi connectivity index (χ2v) is 4.11. The van der Waals surface area contributed by atoms with Crippen LogP contribution in [-0.2, 0) is 0 Å². The van der Waals surface area contributed by atoms with Crippen molar-refractivity contribution in [3.8, 4) is 0 Å². The van der Waals surface area contributed by atoms with Crippen LogP contribution >= 0.6 is 15.9 Å². The van der Waals surface area contributed by atoms with Gasteiger partial charge in [0.25, 0.3) is 5.91 Å². The van der Waals surface area contributed by atoms with E-state index < -0.39 is 0 Å². The van der Waals surface area contributed by atoms with Gasteiger partial charge in [0.2, 0.25) is 0 Å². The van der Waals surface area contributed by atoms with Crippen LogP contribution in [0.3, 0.4) is 0 Å². The van der Waals surface area contributed by atoms with E-state index in [2.05, 4.69) is 36.4 Å². The van der Waals surface area contributed by atoms with E-state index in [9.17, 15) is 4.79 Å². The maximum absolute atomic E-state index is 11.6. The highest BCUT2D eigenvalue weighted by molar-refractivity contribution is 9.10. The molecule has 0 fully saturated rings. The predicted octanol–water partition coefficient (Wildman–Crippen LogP) is 2.13. The molecule has 0 aliphatic carbocycles. The van der Waals surface area contributed by atoms with Crippen LogP contribution < -0.4 is 5.32 Å². The molecule has 0 aromatic carbocycles. The fourth-order valence-electron chi connectivity index (χ4n) is 1.17. The van der Waals surface area contributed by atoms with E-state index in [1.165, 1.54) is 12.4 Å². The number of pyridine rings is 1. The number of hydrogen-bond donors (Lipinski definition) is 2. The van der Waals surface area contributed by atoms with Gasteiger partial charge in [0.15, 0.2) is 0 Å². The van der Waals surface area contributed by atoms with Crippen molar-refractivity contribution >= 4 is 27.7 Å². The quantitative estimate of drug-likeness (QED) is 0.885. The molecule has 2 rings (SSSR count). The lowest BCUT2D eigenvalue weighted by molar-refractivity contribution is 0.102. The number of nitrogens with zero attached hydrogens (tertiary/aromatic N) is 2. The second-order valence-electron chi connectivity index (χ2n) is 3.26. The molecule has 2 aromatic rings. The lowest BCUT2D eigenvalue weighted by Gasteiger charge is -2.04. The number of rotatable bonds is 2. The molecule has 2 aromatic heterocycles. The second kappa shape index (κ2) is 4.44. The Morgan fingerprint density at radius 3 is 2.94 bits per heavy atom. The summed E-state index contributed by atoms with van der Waals surface area (Å²) in [6.07, 6.45) is 4.64. The summed E-state index contributed by atoms with van der Waals surface area (Å²) in [5, 5.41) is 8.96. The molecule has 2 heterocycles. The number of carbonyl (C=O) groups is 1. The summed E-state index contributed by atoms with van der Waals surface area (Å²) in [7, 11) is 0. The smallest absolute Gasteiger partial charge is 0.259 e. The van der Waals surface area contributed by atoms with Crippen molar-refractivity contribution in [1.29, 1.82) is 0 Å². The molecule has 0 bridgehead atoms. The summed E-state index contributed by atoms with van der Waals surface area (Å²) in [6, 6.07) is 1.79. The highest BCUT2D eigenvalue weighted by Crippen LogP contribution is 2.17. The number of carbonyl (C=O) groups excluding carboxylic acids is 1. The number of hydrogen-bond acceptors (Lipinski definition) is 3. The van der Waals surface area contributed by atoms with E-state index in [1.807, 2.05) is 6.92 Å². The molecule has 0 spiro atoms. The lowest BCUT2D eigenvalue weighted by atomic mass is 10.3. The Bertz CT molecular complexity index is 510. The van der Waals surface area contributed by atoms with E-state index in [1.54, 1.807) is 12.3 Å². The minimum Gasteiger partial charge on any atom is -0.306 e. The van der Waals surface area contributed by atoms with E-state index >= 15 is 0 Å². The van der Waals surface area contributed by atoms with Crippen LogP contribution in [0.4, 0.5) is 5.82 Å². The third-order valence-electron chi connectivity index (χ3n) is 2.05. The fourth-order valence-corrected chi connectivity index (χ4v) is 1.39. The van der Waals surface area contributed by atoms with Crippen molar-refractivity contribution in [2.45, 2.75) is 6.92 Å². The summed E-state index contributed by atoms with van der Waals surface area (Å²) in [5.74, 6) is 0.287. The van der Waals surface area contributed by atoms with Crippen LogP contribution in [0.25, 0.3) is 0 Å². The SMILES string of the molecule is Cc1cc(NC(=O)c2cn[nH]c2)ncc1Br. The Morgan fingerprint density at radius 2 is 2.31 bits per heavy atom. The zero-order valence-corrected chi connectivity index (χ0v) is 10.1. The van der Waals surface area contributed by atoms with Crippen molar-refractivity contribution in [3.05, 3.63) is 40.3 Å². The predicted molar refractivity (Wildman–Crippen MR) is 63.2 cm³/mol. The summed E-state index contributed by atoms with van der Waals surface area (Å²) in [5.41, 5.74) is 1.49. The van der Waals surface area contributed by atoms with Crippen LogP contribution in [0.5, 0.6) is 0 Å². The Kier molecular flexibility index (Phi) is 3.00. The van der Waals surface area contributed by atoms with Gasteiger partial charge in [-0.3, -0.25) is 9.89 Å². The van der Waals surface area contributed by atoms with Gasteiger partial charge in [0.1, 0.15) is 5.82 Å². The number of aromatic nitrogens is 3. The van der Waals surface area contributed by atoms with Gasteiger partial charge in [-0.05, 0) is 34.5 Å². The maximum Gasteiger partial charge on any atom is 0.259 e. The zero-order chi connectivity index (χ0) is 11.5. The first-order chi connectivity index (χ1) is 7.66. The molecule has 5 nitrogen and oxygen atoms in total. The van der Waals surface area contributed by atoms with Crippen molar-refractivity contribution < 1.29 is 4.79 Å². The van der Waals surface area contributed by atoms with Gasteiger partial charge in [-0.25, -0.2) is 4.98 Å². The fraction of sp³-hybridized carbons (Fsp3) is 0.100. The molecule has 2 N–H and O–H groups in total. The molecule has 0 aliphatic rings. The summed E-state index contributed by atoms with van der Waals surface area (Å²) in [6.45, 7) is 1.93. The Hall–Kier alpha value is -1.69. The topological polar surface area (TPSA) is 70.7 Å². The first kappa shape index (κ1) is 10.8. The minimum absolute atomic E-state index is 0.233. The Labute approximate surface area is 100 Å². The average molecular weight is 281 g/mol. The average Bonchev–Trinajstić information content (AvgIpc) is 2.77. The van der Waals surface area contributed by atoms with Gasteiger partial charge >= 0.3 is 0 Å². The van der Waals surface area contributed by atoms with Crippen molar-refractivity contribution in [1.82, 2.24) is 15.2 Å². The van der Waals surface area contributed by atoms with Gasteiger partial charge in [-0.2, -0.15) is 5.10 Å². The number of amides is 1. The molecular formula is C10H9BrN4O. The van der Waals surface area contributed by atoms with Crippen LogP contribution in [-0.4, -0.2) is 21.1 Å². The van der Waals surface area contributed by atoms with E-state index in [-0.39, 0.29) is 5.91 Å². The lowest BCUT2D eigenvalue weighted by Crippen LogP contribution is -2.12. The highest BCUT2D eigenvalue weighted by atomic mass is 79.9. The first-order valence-electron chi connectivity index (χ1n) is 4.59. The van der Waals surface area contributed by atoms with Crippen LogP contribution in [0.2, 0.25) is 0 Å². The van der Waals surface area contributed by atoms with Crippen molar-refractivity contribution in [2.75, 3.05) is 5.32 Å². The molecular weight excluding hydrogens is 272 g/mol. The van der Waals surface area contributed by atoms with Gasteiger partial charge in [-0.1, -0.05) is 0 Å². The number of H-pyrrole nitrogens is 1. The Morgan fingerprint density at radius 1 is 1.50 bits per heavy atom. The monoisotopic (exact) mass is 280 g/mol. The molecule has 0 saturated heterocycles. The number of halogens is 1. The number of aromatic amines is 1. The van der Waals surface area contributed by atoms with Gasteiger partial charge < -0.3 is 5.32 Å². The molecule has 0 atom stereocenters. The van der Waals surface area contributed by atoms with E-state index in [0.717, 1.165) is 10.0 Å². The normalized spacial score (nSPS) is 10.1. The van der Waals surface area contributed by atoms with Crippen LogP contribution in [0.1, 0.15) is 15.9 Å². The molecule has 0 aliphatic heterocycles. The third-order valence-corrected chi connectivity index (χ3v) is 2.88. The molecule has 6 heteroatoms. The molecule has 0 radical (unpaired) electrons. The molecule has 1 amide bonds. The van der Waals surface area contributed by atoms with Gasteiger partial charge in [0, 0.05) is 16.9 Å². The largest absolute Gasteiger partial charge is 0.306 e. The molecule has 0 unspecified atom stereocenters. The number of aryl methyl sites for hydroxylation is 1. The van der Waals surface area contributed by atoms with Gasteiger partial charge in [0.05, 0.1) is 11.8 Å². The van der Waals surface area contributed by atoms with E-state index in [0.29, 0.717) is 11.4 Å². The van der Waals surface area contributed by atoms with Gasteiger partial charge in [-0.15, -0.1) is 0 Å².